The molecule has 0 radical (unpaired) electrons. The molecule has 0 saturated carbocycles. The van der Waals surface area contributed by atoms with Crippen molar-refractivity contribution in [3.63, 3.8) is 0 Å². The van der Waals surface area contributed by atoms with E-state index in [1.165, 1.54) is 13.0 Å². The zero-order valence-corrected chi connectivity index (χ0v) is 19.5. The van der Waals surface area contributed by atoms with E-state index in [0.29, 0.717) is 17.2 Å². The van der Waals surface area contributed by atoms with Gasteiger partial charge in [0, 0.05) is 13.1 Å². The van der Waals surface area contributed by atoms with Crippen LogP contribution in [0.5, 0.6) is 0 Å². The number of halogens is 3. The van der Waals surface area contributed by atoms with Crippen molar-refractivity contribution in [3.8, 4) is 0 Å². The molecule has 33 heavy (non-hydrogen) atoms. The molecule has 0 bridgehead atoms. The van der Waals surface area contributed by atoms with Crippen LogP contribution < -0.4 is 10.2 Å². The van der Waals surface area contributed by atoms with Gasteiger partial charge < -0.3 is 15.0 Å². The molecule has 0 aliphatic carbocycles. The number of aromatic nitrogens is 2. The molecule has 2 aromatic carbocycles. The van der Waals surface area contributed by atoms with E-state index < -0.39 is 11.7 Å². The number of morpholine rings is 1. The van der Waals surface area contributed by atoms with E-state index in [4.69, 9.17) is 4.74 Å². The van der Waals surface area contributed by atoms with Crippen LogP contribution in [-0.4, -0.2) is 35.3 Å². The van der Waals surface area contributed by atoms with Crippen LogP contribution in [0.4, 0.5) is 24.7 Å². The Bertz CT molecular complexity index is 1150. The Morgan fingerprint density at radius 1 is 1.03 bits per heavy atom. The minimum Gasteiger partial charge on any atom is -0.372 e. The number of alkyl halides is 3. The van der Waals surface area contributed by atoms with Gasteiger partial charge in [-0.2, -0.15) is 13.2 Å². The van der Waals surface area contributed by atoms with Crippen molar-refractivity contribution in [1.82, 2.24) is 9.97 Å². The second kappa shape index (κ2) is 8.82. The minimum absolute atomic E-state index is 0.0819. The molecule has 4 rings (SSSR count). The number of anilines is 2. The molecule has 3 aromatic rings. The first kappa shape index (κ1) is 23.3. The molecule has 1 aromatic heterocycles. The van der Waals surface area contributed by atoms with E-state index in [0.717, 1.165) is 35.7 Å². The van der Waals surface area contributed by atoms with Crippen LogP contribution in [0.3, 0.4) is 0 Å². The van der Waals surface area contributed by atoms with Gasteiger partial charge in [-0.1, -0.05) is 18.2 Å². The van der Waals surface area contributed by atoms with Crippen LogP contribution in [0.25, 0.3) is 10.9 Å². The fourth-order valence-electron chi connectivity index (χ4n) is 4.74. The molecule has 3 atom stereocenters. The monoisotopic (exact) mass is 458 g/mol. The second-order valence-electron chi connectivity index (χ2n) is 8.84. The Balaban J connectivity index is 1.77. The van der Waals surface area contributed by atoms with E-state index in [-0.39, 0.29) is 23.8 Å². The Morgan fingerprint density at radius 2 is 1.70 bits per heavy atom. The fourth-order valence-corrected chi connectivity index (χ4v) is 4.74. The predicted molar refractivity (Wildman–Crippen MR) is 125 cm³/mol. The van der Waals surface area contributed by atoms with Gasteiger partial charge in [0.2, 0.25) is 0 Å². The van der Waals surface area contributed by atoms with Crippen molar-refractivity contribution in [2.24, 2.45) is 0 Å². The van der Waals surface area contributed by atoms with E-state index in [1.54, 1.807) is 6.07 Å². The third-order valence-corrected chi connectivity index (χ3v) is 6.07. The van der Waals surface area contributed by atoms with Gasteiger partial charge in [0.05, 0.1) is 40.4 Å². The zero-order valence-electron chi connectivity index (χ0n) is 19.5. The Labute approximate surface area is 192 Å². The molecule has 1 fully saturated rings. The van der Waals surface area contributed by atoms with Gasteiger partial charge in [0.15, 0.2) is 0 Å². The Kier molecular flexibility index (Phi) is 6.22. The van der Waals surface area contributed by atoms with Gasteiger partial charge in [-0.15, -0.1) is 0 Å². The lowest BCUT2D eigenvalue weighted by Gasteiger charge is -2.37. The summed E-state index contributed by atoms with van der Waals surface area (Å²) in [5.74, 6) is 1.21. The number of ether oxygens (including phenoxy) is 1. The standard InChI is InChI=1S/C25H29F3N4O/c1-14-12-32(13-15(2)33-14)22-11-7-10-21-23(22)24(31-18(5)30-21)29-17(4)19-8-6-9-20(16(19)3)25(26,27)28/h6-11,14-15,17H,12-13H2,1-5H3,(H,29,30,31)/t14-,15+,17-/m1/s1. The summed E-state index contributed by atoms with van der Waals surface area (Å²) in [6, 6.07) is 9.86. The minimum atomic E-state index is -4.39. The number of hydrogen-bond donors (Lipinski definition) is 1. The first-order valence-corrected chi connectivity index (χ1v) is 11.2. The molecule has 1 aliphatic rings. The lowest BCUT2D eigenvalue weighted by molar-refractivity contribution is -0.138. The molecule has 0 unspecified atom stereocenters. The zero-order chi connectivity index (χ0) is 23.9. The highest BCUT2D eigenvalue weighted by molar-refractivity contribution is 6.00. The van der Waals surface area contributed by atoms with Crippen LogP contribution >= 0.6 is 0 Å². The highest BCUT2D eigenvalue weighted by Gasteiger charge is 2.33. The average Bonchev–Trinajstić information content (AvgIpc) is 2.71. The summed E-state index contributed by atoms with van der Waals surface area (Å²) < 4.78 is 46.2. The third-order valence-electron chi connectivity index (χ3n) is 6.07. The van der Waals surface area contributed by atoms with Crippen molar-refractivity contribution >= 4 is 22.4 Å². The predicted octanol–water partition coefficient (Wildman–Crippen LogP) is 6.05. The summed E-state index contributed by atoms with van der Waals surface area (Å²) in [7, 11) is 0. The number of nitrogens with zero attached hydrogens (tertiary/aromatic N) is 3. The number of benzene rings is 2. The number of hydrogen-bond acceptors (Lipinski definition) is 5. The molecule has 8 heteroatoms. The van der Waals surface area contributed by atoms with E-state index in [9.17, 15) is 13.2 Å². The lowest BCUT2D eigenvalue weighted by atomic mass is 9.97. The van der Waals surface area contributed by atoms with Crippen molar-refractivity contribution in [2.75, 3.05) is 23.3 Å². The van der Waals surface area contributed by atoms with Crippen molar-refractivity contribution < 1.29 is 17.9 Å². The first-order valence-electron chi connectivity index (χ1n) is 11.2. The molecule has 5 nitrogen and oxygen atoms in total. The van der Waals surface area contributed by atoms with E-state index in [1.807, 2.05) is 45.9 Å². The van der Waals surface area contributed by atoms with Gasteiger partial charge in [-0.3, -0.25) is 0 Å². The van der Waals surface area contributed by atoms with Crippen LogP contribution in [-0.2, 0) is 10.9 Å². The van der Waals surface area contributed by atoms with Crippen molar-refractivity contribution in [3.05, 3.63) is 58.9 Å². The van der Waals surface area contributed by atoms with Crippen LogP contribution in [0, 0.1) is 13.8 Å². The van der Waals surface area contributed by atoms with Crippen molar-refractivity contribution in [1.29, 1.82) is 0 Å². The smallest absolute Gasteiger partial charge is 0.372 e. The van der Waals surface area contributed by atoms with Gasteiger partial charge >= 0.3 is 6.18 Å². The summed E-state index contributed by atoms with van der Waals surface area (Å²) in [6.45, 7) is 10.8. The molecule has 0 amide bonds. The molecule has 176 valence electrons. The number of nitrogens with one attached hydrogen (secondary N) is 1. The Morgan fingerprint density at radius 3 is 2.36 bits per heavy atom. The molecule has 1 saturated heterocycles. The molecular formula is C25H29F3N4O. The van der Waals surface area contributed by atoms with Gasteiger partial charge in [-0.05, 0) is 63.9 Å². The number of aryl methyl sites for hydroxylation is 1. The molecule has 1 N–H and O–H groups in total. The molecule has 2 heterocycles. The SMILES string of the molecule is Cc1nc(N[C@H](C)c2cccc(C(F)(F)F)c2C)c2c(N3C[C@@H](C)O[C@@H](C)C3)cccc2n1. The average molecular weight is 459 g/mol. The number of fused-ring (bicyclic) bond motifs is 1. The molecule has 0 spiro atoms. The van der Waals surface area contributed by atoms with Gasteiger partial charge in [-0.25, -0.2) is 9.97 Å². The number of rotatable bonds is 4. The summed E-state index contributed by atoms with van der Waals surface area (Å²) in [5, 5.41) is 4.25. The van der Waals surface area contributed by atoms with Crippen molar-refractivity contribution in [2.45, 2.75) is 59.0 Å². The summed E-state index contributed by atoms with van der Waals surface area (Å²) >= 11 is 0. The largest absolute Gasteiger partial charge is 0.416 e. The first-order chi connectivity index (χ1) is 15.5. The van der Waals surface area contributed by atoms with E-state index >= 15 is 0 Å². The van der Waals surface area contributed by atoms with Crippen LogP contribution in [0.2, 0.25) is 0 Å². The Hall–Kier alpha value is -2.87. The van der Waals surface area contributed by atoms with Crippen LogP contribution in [0.1, 0.15) is 49.3 Å². The second-order valence-corrected chi connectivity index (χ2v) is 8.84. The molecule has 1 aliphatic heterocycles. The third kappa shape index (κ3) is 4.76. The maximum absolute atomic E-state index is 13.4. The van der Waals surface area contributed by atoms with Gasteiger partial charge in [0.25, 0.3) is 0 Å². The quantitative estimate of drug-likeness (QED) is 0.516. The maximum Gasteiger partial charge on any atom is 0.416 e. The maximum atomic E-state index is 13.4. The topological polar surface area (TPSA) is 50.3 Å². The summed E-state index contributed by atoms with van der Waals surface area (Å²) in [4.78, 5) is 11.5. The summed E-state index contributed by atoms with van der Waals surface area (Å²) in [6.07, 6.45) is -4.23. The van der Waals surface area contributed by atoms with Crippen LogP contribution in [0.15, 0.2) is 36.4 Å². The molecular weight excluding hydrogens is 429 g/mol. The highest BCUT2D eigenvalue weighted by atomic mass is 19.4. The van der Waals surface area contributed by atoms with Gasteiger partial charge in [0.1, 0.15) is 11.6 Å². The van der Waals surface area contributed by atoms with E-state index in [2.05, 4.69) is 20.2 Å². The summed E-state index contributed by atoms with van der Waals surface area (Å²) in [5.41, 5.74) is 1.97. The normalized spacial score (nSPS) is 20.2. The fraction of sp³-hybridized carbons (Fsp3) is 0.440. The highest BCUT2D eigenvalue weighted by Crippen LogP contribution is 2.37. The lowest BCUT2D eigenvalue weighted by Crippen LogP contribution is -2.45.